The van der Waals surface area contributed by atoms with Gasteiger partial charge in [-0.1, -0.05) is 6.42 Å². The summed E-state index contributed by atoms with van der Waals surface area (Å²) in [5.74, 6) is -0.358. The molecule has 2 aliphatic rings. The molecular formula is C12H24ClN3O3S. The van der Waals surface area contributed by atoms with E-state index in [1.54, 1.807) is 14.1 Å². The molecule has 2 heterocycles. The highest BCUT2D eigenvalue weighted by Gasteiger charge is 2.40. The van der Waals surface area contributed by atoms with Crippen LogP contribution in [-0.4, -0.2) is 68.0 Å². The van der Waals surface area contributed by atoms with Crippen molar-refractivity contribution < 1.29 is 13.2 Å². The highest BCUT2D eigenvalue weighted by molar-refractivity contribution is 7.90. The molecule has 3 atom stereocenters. The second kappa shape index (κ2) is 6.60. The van der Waals surface area contributed by atoms with Crippen molar-refractivity contribution in [2.75, 3.05) is 27.2 Å². The van der Waals surface area contributed by atoms with E-state index in [1.165, 1.54) is 16.1 Å². The molecule has 0 aromatic rings. The van der Waals surface area contributed by atoms with E-state index < -0.39 is 15.3 Å². The quantitative estimate of drug-likeness (QED) is 0.795. The van der Waals surface area contributed by atoms with Gasteiger partial charge in [0.15, 0.2) is 5.25 Å². The van der Waals surface area contributed by atoms with Crippen molar-refractivity contribution in [3.8, 4) is 0 Å². The van der Waals surface area contributed by atoms with Crippen LogP contribution in [0.1, 0.15) is 26.2 Å². The van der Waals surface area contributed by atoms with Gasteiger partial charge in [0.25, 0.3) is 0 Å². The Morgan fingerprint density at radius 2 is 1.75 bits per heavy atom. The maximum Gasteiger partial charge on any atom is 0.241 e. The zero-order valence-electron chi connectivity index (χ0n) is 12.2. The van der Waals surface area contributed by atoms with Crippen LogP contribution in [0.3, 0.4) is 0 Å². The fourth-order valence-electron chi connectivity index (χ4n) is 2.89. The maximum atomic E-state index is 12.5. The lowest BCUT2D eigenvalue weighted by Crippen LogP contribution is -2.61. The molecule has 0 spiro atoms. The van der Waals surface area contributed by atoms with Gasteiger partial charge in [0.2, 0.25) is 15.9 Å². The lowest BCUT2D eigenvalue weighted by molar-refractivity contribution is -0.128. The van der Waals surface area contributed by atoms with Crippen LogP contribution in [-0.2, 0) is 14.8 Å². The molecule has 2 rings (SSSR count). The standard InChI is InChI=1S/C12H23N3O3S.ClH/c1-9(12(16)14(2)3)19(17,18)15-7-10-5-4-6-11(8-15)13-10;/h9-11,13H,4-8H2,1-3H3;1H. The van der Waals surface area contributed by atoms with Crippen LogP contribution in [0.15, 0.2) is 0 Å². The Bertz CT molecular complexity index is 443. The van der Waals surface area contributed by atoms with Gasteiger partial charge in [0.1, 0.15) is 0 Å². The van der Waals surface area contributed by atoms with E-state index in [0.29, 0.717) is 13.1 Å². The van der Waals surface area contributed by atoms with Gasteiger partial charge >= 0.3 is 0 Å². The van der Waals surface area contributed by atoms with Crippen molar-refractivity contribution in [1.29, 1.82) is 0 Å². The third-order valence-corrected chi connectivity index (χ3v) is 6.13. The van der Waals surface area contributed by atoms with Gasteiger partial charge in [-0.2, -0.15) is 4.31 Å². The van der Waals surface area contributed by atoms with Gasteiger partial charge < -0.3 is 10.2 Å². The molecule has 0 saturated carbocycles. The van der Waals surface area contributed by atoms with Crippen LogP contribution < -0.4 is 5.32 Å². The molecule has 8 heteroatoms. The number of nitrogens with zero attached hydrogens (tertiary/aromatic N) is 2. The van der Waals surface area contributed by atoms with Crippen LogP contribution in [0.2, 0.25) is 0 Å². The number of sulfonamides is 1. The molecule has 0 aliphatic carbocycles. The smallest absolute Gasteiger partial charge is 0.241 e. The van der Waals surface area contributed by atoms with E-state index in [0.717, 1.165) is 19.3 Å². The number of hydrogen-bond acceptors (Lipinski definition) is 4. The first-order valence-corrected chi connectivity index (χ1v) is 8.29. The molecule has 3 unspecified atom stereocenters. The number of carbonyl (C=O) groups excluding carboxylic acids is 1. The Labute approximate surface area is 127 Å². The molecule has 2 saturated heterocycles. The molecule has 2 fully saturated rings. The summed E-state index contributed by atoms with van der Waals surface area (Å²) in [6, 6.07) is 0.480. The van der Waals surface area contributed by atoms with Gasteiger partial charge in [-0.25, -0.2) is 8.42 Å². The number of nitrogens with one attached hydrogen (secondary N) is 1. The van der Waals surface area contributed by atoms with E-state index in [-0.39, 0.29) is 30.4 Å². The highest BCUT2D eigenvalue weighted by atomic mass is 35.5. The first-order valence-electron chi connectivity index (χ1n) is 6.78. The molecule has 118 valence electrons. The van der Waals surface area contributed by atoms with Crippen molar-refractivity contribution in [3.05, 3.63) is 0 Å². The first-order chi connectivity index (χ1) is 8.82. The molecule has 0 radical (unpaired) electrons. The topological polar surface area (TPSA) is 69.7 Å². The third-order valence-electron chi connectivity index (χ3n) is 4.02. The Morgan fingerprint density at radius 3 is 2.20 bits per heavy atom. The van der Waals surface area contributed by atoms with Crippen LogP contribution >= 0.6 is 12.4 Å². The zero-order valence-corrected chi connectivity index (χ0v) is 13.8. The zero-order chi connectivity index (χ0) is 14.2. The fraction of sp³-hybridized carbons (Fsp3) is 0.917. The molecule has 1 amide bonds. The molecule has 0 aromatic carbocycles. The Kier molecular flexibility index (Phi) is 5.83. The monoisotopic (exact) mass is 325 g/mol. The molecule has 2 aliphatic heterocycles. The van der Waals surface area contributed by atoms with Gasteiger partial charge in [0.05, 0.1) is 0 Å². The number of amides is 1. The van der Waals surface area contributed by atoms with Crippen LogP contribution in [0, 0.1) is 0 Å². The summed E-state index contributed by atoms with van der Waals surface area (Å²) in [5.41, 5.74) is 0. The van der Waals surface area contributed by atoms with E-state index in [9.17, 15) is 13.2 Å². The van der Waals surface area contributed by atoms with Crippen molar-refractivity contribution in [2.45, 2.75) is 43.5 Å². The molecular weight excluding hydrogens is 302 g/mol. The van der Waals surface area contributed by atoms with Crippen LogP contribution in [0.5, 0.6) is 0 Å². The summed E-state index contributed by atoms with van der Waals surface area (Å²) in [4.78, 5) is 13.2. The number of piperidine rings is 1. The van der Waals surface area contributed by atoms with Gasteiger partial charge in [-0.3, -0.25) is 4.79 Å². The lowest BCUT2D eigenvalue weighted by atomic mass is 9.96. The molecule has 1 N–H and O–H groups in total. The number of halogens is 1. The highest BCUT2D eigenvalue weighted by Crippen LogP contribution is 2.23. The predicted molar refractivity (Wildman–Crippen MR) is 80.5 cm³/mol. The summed E-state index contributed by atoms with van der Waals surface area (Å²) in [6.07, 6.45) is 3.18. The largest absolute Gasteiger partial charge is 0.348 e. The number of fused-ring (bicyclic) bond motifs is 2. The number of carbonyl (C=O) groups is 1. The first kappa shape index (κ1) is 17.7. The fourth-order valence-corrected chi connectivity index (χ4v) is 4.58. The minimum atomic E-state index is -3.55. The summed E-state index contributed by atoms with van der Waals surface area (Å²) in [6.45, 7) is 2.46. The summed E-state index contributed by atoms with van der Waals surface area (Å²) < 4.78 is 26.5. The molecule has 2 bridgehead atoms. The van der Waals surface area contributed by atoms with Crippen LogP contribution in [0.4, 0.5) is 0 Å². The van der Waals surface area contributed by atoms with E-state index in [1.807, 2.05) is 0 Å². The average Bonchev–Trinajstić information content (AvgIpc) is 2.36. The average molecular weight is 326 g/mol. The summed E-state index contributed by atoms with van der Waals surface area (Å²) >= 11 is 0. The Morgan fingerprint density at radius 1 is 1.25 bits per heavy atom. The molecule has 6 nitrogen and oxygen atoms in total. The second-order valence-corrected chi connectivity index (χ2v) is 7.98. The predicted octanol–water partition coefficient (Wildman–Crippen LogP) is 0.0410. The lowest BCUT2D eigenvalue weighted by Gasteiger charge is -2.42. The summed E-state index contributed by atoms with van der Waals surface area (Å²) in [7, 11) is -0.378. The third kappa shape index (κ3) is 3.44. The minimum Gasteiger partial charge on any atom is -0.348 e. The molecule has 20 heavy (non-hydrogen) atoms. The van der Waals surface area contributed by atoms with Gasteiger partial charge in [-0.15, -0.1) is 12.4 Å². The Hall–Kier alpha value is -0.370. The van der Waals surface area contributed by atoms with Gasteiger partial charge in [-0.05, 0) is 19.8 Å². The maximum absolute atomic E-state index is 12.5. The van der Waals surface area contributed by atoms with Crippen molar-refractivity contribution in [2.24, 2.45) is 0 Å². The van der Waals surface area contributed by atoms with Crippen molar-refractivity contribution in [1.82, 2.24) is 14.5 Å². The Balaban J connectivity index is 0.00000200. The number of rotatable bonds is 3. The second-order valence-electron chi connectivity index (χ2n) is 5.73. The van der Waals surface area contributed by atoms with E-state index in [4.69, 9.17) is 0 Å². The van der Waals surface area contributed by atoms with Crippen molar-refractivity contribution in [3.63, 3.8) is 0 Å². The number of hydrogen-bond donors (Lipinski definition) is 1. The minimum absolute atomic E-state index is 0. The number of piperazine rings is 1. The normalized spacial score (nSPS) is 28.4. The van der Waals surface area contributed by atoms with Crippen molar-refractivity contribution >= 4 is 28.3 Å². The SMILES string of the molecule is CC(C(=O)N(C)C)S(=O)(=O)N1CC2CCCC(C1)N2.Cl. The van der Waals surface area contributed by atoms with Gasteiger partial charge in [0, 0.05) is 39.3 Å². The van der Waals surface area contributed by atoms with Crippen LogP contribution in [0.25, 0.3) is 0 Å². The van der Waals surface area contributed by atoms with E-state index >= 15 is 0 Å². The summed E-state index contributed by atoms with van der Waals surface area (Å²) in [5, 5.41) is 2.45. The van der Waals surface area contributed by atoms with E-state index in [2.05, 4.69) is 5.32 Å². The molecule has 0 aromatic heterocycles.